The number of fused-ring (bicyclic) bond motifs is 1. The topological polar surface area (TPSA) is 41.5 Å². The number of hydrogen-bond donors (Lipinski definition) is 1. The van der Waals surface area contributed by atoms with E-state index in [9.17, 15) is 18.0 Å². The zero-order chi connectivity index (χ0) is 15.3. The number of aliphatic imine (C=N–C) groups is 1. The van der Waals surface area contributed by atoms with Crippen LogP contribution < -0.4 is 5.32 Å². The van der Waals surface area contributed by atoms with Crippen LogP contribution in [0.15, 0.2) is 23.2 Å². The summed E-state index contributed by atoms with van der Waals surface area (Å²) in [6, 6.07) is 4.08. The van der Waals surface area contributed by atoms with Crippen LogP contribution in [0.5, 0.6) is 0 Å². The Balaban J connectivity index is 2.23. The van der Waals surface area contributed by atoms with Crippen LogP contribution in [0.3, 0.4) is 0 Å². The molecule has 21 heavy (non-hydrogen) atoms. The van der Waals surface area contributed by atoms with Crippen molar-refractivity contribution in [1.29, 1.82) is 0 Å². The second-order valence-electron chi connectivity index (χ2n) is 5.44. The number of nitrogens with one attached hydrogen (secondary N) is 1. The minimum atomic E-state index is -4.60. The van der Waals surface area contributed by atoms with Crippen LogP contribution in [0.2, 0.25) is 5.02 Å². The average molecular weight is 317 g/mol. The van der Waals surface area contributed by atoms with E-state index in [1.54, 1.807) is 0 Å². The molecule has 7 heteroatoms. The van der Waals surface area contributed by atoms with Gasteiger partial charge in [-0.2, -0.15) is 13.2 Å². The van der Waals surface area contributed by atoms with Gasteiger partial charge in [0.2, 0.25) is 0 Å². The molecule has 0 saturated heterocycles. The Hall–Kier alpha value is -1.56. The number of amides is 1. The number of rotatable bonds is 2. The van der Waals surface area contributed by atoms with Gasteiger partial charge in [-0.05, 0) is 30.5 Å². The van der Waals surface area contributed by atoms with E-state index < -0.39 is 17.6 Å². The molecule has 3 nitrogen and oxygen atoms in total. The summed E-state index contributed by atoms with van der Waals surface area (Å²) in [7, 11) is 0. The first kappa shape index (κ1) is 14.4. The highest BCUT2D eigenvalue weighted by Crippen LogP contribution is 2.53. The largest absolute Gasteiger partial charge is 0.417 e. The molecule has 1 aliphatic heterocycles. The maximum atomic E-state index is 13.8. The molecule has 1 aromatic carbocycles. The molecule has 112 valence electrons. The number of halogens is 4. The summed E-state index contributed by atoms with van der Waals surface area (Å²) in [6.07, 6.45) is -2.52. The number of anilines is 1. The van der Waals surface area contributed by atoms with Gasteiger partial charge in [0.15, 0.2) is 5.54 Å². The van der Waals surface area contributed by atoms with Crippen LogP contribution in [0, 0.1) is 5.92 Å². The third kappa shape index (κ3) is 2.52. The molecular weight excluding hydrogens is 305 g/mol. The van der Waals surface area contributed by atoms with Gasteiger partial charge in [0, 0.05) is 16.3 Å². The molecule has 1 saturated carbocycles. The van der Waals surface area contributed by atoms with E-state index >= 15 is 0 Å². The number of hydrogen-bond acceptors (Lipinski definition) is 2. The van der Waals surface area contributed by atoms with Crippen molar-refractivity contribution in [3.63, 3.8) is 0 Å². The highest BCUT2D eigenvalue weighted by molar-refractivity contribution is 6.33. The van der Waals surface area contributed by atoms with Crippen LogP contribution in [-0.4, -0.2) is 18.3 Å². The van der Waals surface area contributed by atoms with Gasteiger partial charge >= 0.3 is 6.18 Å². The third-order valence-corrected chi connectivity index (χ3v) is 4.07. The van der Waals surface area contributed by atoms with E-state index in [4.69, 9.17) is 11.6 Å². The maximum Gasteiger partial charge on any atom is 0.417 e. The predicted octanol–water partition coefficient (Wildman–Crippen LogP) is 3.92. The van der Waals surface area contributed by atoms with Crippen molar-refractivity contribution in [3.05, 3.63) is 28.8 Å². The smallest absolute Gasteiger partial charge is 0.321 e. The van der Waals surface area contributed by atoms with Crippen LogP contribution >= 0.6 is 11.6 Å². The Kier molecular flexibility index (Phi) is 3.24. The summed E-state index contributed by atoms with van der Waals surface area (Å²) in [4.78, 5) is 15.2. The number of alkyl halides is 3. The van der Waals surface area contributed by atoms with Gasteiger partial charge < -0.3 is 5.32 Å². The van der Waals surface area contributed by atoms with Crippen LogP contribution in [0.4, 0.5) is 18.9 Å². The summed E-state index contributed by atoms with van der Waals surface area (Å²) in [6.45, 7) is 0. The van der Waals surface area contributed by atoms with Crippen LogP contribution in [0.1, 0.15) is 24.8 Å². The molecule has 0 spiro atoms. The molecule has 1 heterocycles. The van der Waals surface area contributed by atoms with Gasteiger partial charge in [-0.3, -0.25) is 9.79 Å². The molecule has 1 fully saturated rings. The molecule has 1 aromatic rings. The van der Waals surface area contributed by atoms with Crippen molar-refractivity contribution in [1.82, 2.24) is 0 Å². The summed E-state index contributed by atoms with van der Waals surface area (Å²) < 4.78 is 41.4. The monoisotopic (exact) mass is 316 g/mol. The Bertz CT molecular complexity index is 625. The Morgan fingerprint density at radius 1 is 1.38 bits per heavy atom. The lowest BCUT2D eigenvalue weighted by atomic mass is 9.83. The first-order valence-electron chi connectivity index (χ1n) is 6.55. The lowest BCUT2D eigenvalue weighted by Crippen LogP contribution is -2.41. The van der Waals surface area contributed by atoms with Gasteiger partial charge in [-0.15, -0.1) is 0 Å². The van der Waals surface area contributed by atoms with Gasteiger partial charge in [-0.25, -0.2) is 0 Å². The lowest BCUT2D eigenvalue weighted by molar-refractivity contribution is -0.191. The highest BCUT2D eigenvalue weighted by Gasteiger charge is 2.59. The quantitative estimate of drug-likeness (QED) is 0.882. The predicted molar refractivity (Wildman–Crippen MR) is 73.6 cm³/mol. The number of benzene rings is 1. The molecule has 3 rings (SSSR count). The highest BCUT2D eigenvalue weighted by atomic mass is 35.5. The average Bonchev–Trinajstić information content (AvgIpc) is 3.19. The normalized spacial score (nSPS) is 25.2. The minimum absolute atomic E-state index is 0.0243. The molecular formula is C14H12ClF3N2O. The van der Waals surface area contributed by atoms with Crippen molar-refractivity contribution < 1.29 is 18.0 Å². The second-order valence-corrected chi connectivity index (χ2v) is 5.88. The number of nitrogens with zero attached hydrogens (tertiary/aromatic N) is 1. The molecule has 1 atom stereocenters. The SMILES string of the molecule is O=C1C=NC(CC2CC2)(C(F)(F)F)c2cc(Cl)ccc2N1. The second kappa shape index (κ2) is 4.73. The zero-order valence-corrected chi connectivity index (χ0v) is 11.6. The van der Waals surface area contributed by atoms with Gasteiger partial charge in [0.25, 0.3) is 5.91 Å². The maximum absolute atomic E-state index is 13.8. The van der Waals surface area contributed by atoms with Crippen molar-refractivity contribution in [2.45, 2.75) is 31.0 Å². The third-order valence-electron chi connectivity index (χ3n) is 3.84. The molecule has 0 aromatic heterocycles. The van der Waals surface area contributed by atoms with Crippen molar-refractivity contribution in [2.24, 2.45) is 10.9 Å². The first-order valence-corrected chi connectivity index (χ1v) is 6.92. The minimum Gasteiger partial charge on any atom is -0.321 e. The van der Waals surface area contributed by atoms with Crippen molar-refractivity contribution in [2.75, 3.05) is 5.32 Å². The van der Waals surface area contributed by atoms with E-state index in [2.05, 4.69) is 10.3 Å². The number of carbonyl (C=O) groups excluding carboxylic acids is 1. The van der Waals surface area contributed by atoms with E-state index in [0.29, 0.717) is 0 Å². The van der Waals surface area contributed by atoms with E-state index in [-0.39, 0.29) is 28.6 Å². The fraction of sp³-hybridized carbons (Fsp3) is 0.429. The van der Waals surface area contributed by atoms with Gasteiger partial charge in [-0.1, -0.05) is 24.4 Å². The van der Waals surface area contributed by atoms with E-state index in [1.165, 1.54) is 18.2 Å². The zero-order valence-electron chi connectivity index (χ0n) is 10.9. The van der Waals surface area contributed by atoms with E-state index in [0.717, 1.165) is 19.1 Å². The van der Waals surface area contributed by atoms with E-state index in [1.807, 2.05) is 0 Å². The summed E-state index contributed by atoms with van der Waals surface area (Å²) in [5, 5.41) is 2.61. The van der Waals surface area contributed by atoms with Crippen molar-refractivity contribution >= 4 is 29.4 Å². The lowest BCUT2D eigenvalue weighted by Gasteiger charge is -2.33. The molecule has 1 amide bonds. The van der Waals surface area contributed by atoms with Crippen LogP contribution in [0.25, 0.3) is 0 Å². The fourth-order valence-corrected chi connectivity index (χ4v) is 2.79. The summed E-state index contributed by atoms with van der Waals surface area (Å²) in [5.74, 6) is -0.690. The first-order chi connectivity index (χ1) is 9.82. The standard InChI is InChI=1S/C14H12ClF3N2O/c15-9-3-4-11-10(5-9)13(14(16,17)18,6-8-1-2-8)19-7-12(21)20-11/h3-5,7-8H,1-2,6H2,(H,20,21). The molecule has 0 radical (unpaired) electrons. The molecule has 1 N–H and O–H groups in total. The van der Waals surface area contributed by atoms with Crippen LogP contribution in [-0.2, 0) is 10.3 Å². The Morgan fingerprint density at radius 2 is 2.10 bits per heavy atom. The fourth-order valence-electron chi connectivity index (χ4n) is 2.62. The molecule has 1 unspecified atom stereocenters. The summed E-state index contributed by atoms with van der Waals surface area (Å²) in [5.41, 5.74) is -2.38. The molecule has 2 aliphatic rings. The van der Waals surface area contributed by atoms with Crippen molar-refractivity contribution in [3.8, 4) is 0 Å². The van der Waals surface area contributed by atoms with Gasteiger partial charge in [0.05, 0.1) is 6.21 Å². The Morgan fingerprint density at radius 3 is 2.71 bits per heavy atom. The molecule has 1 aliphatic carbocycles. The summed E-state index contributed by atoms with van der Waals surface area (Å²) >= 11 is 5.86. The van der Waals surface area contributed by atoms with Gasteiger partial charge in [0.1, 0.15) is 0 Å². The Labute approximate surface area is 124 Å². The number of carbonyl (C=O) groups is 1. The molecule has 0 bridgehead atoms.